The lowest BCUT2D eigenvalue weighted by molar-refractivity contribution is -0.384. The molecule has 1 heterocycles. The first-order chi connectivity index (χ1) is 16.8. The first kappa shape index (κ1) is 24.0. The zero-order valence-corrected chi connectivity index (χ0v) is 19.6. The Bertz CT molecular complexity index is 1360. The molecule has 11 heteroatoms. The Morgan fingerprint density at radius 3 is 2.71 bits per heavy atom. The van der Waals surface area contributed by atoms with E-state index in [4.69, 9.17) is 20.8 Å². The highest BCUT2D eigenvalue weighted by Crippen LogP contribution is 2.31. The number of carbonyl (C=O) groups is 2. The number of benzene rings is 2. The molecular weight excluding hydrogens is 476 g/mol. The maximum atomic E-state index is 12.9. The van der Waals surface area contributed by atoms with E-state index in [0.717, 1.165) is 12.5 Å². The molecule has 1 aliphatic carbocycles. The number of anilines is 1. The van der Waals surface area contributed by atoms with Crippen LogP contribution < -0.4 is 15.5 Å². The van der Waals surface area contributed by atoms with Gasteiger partial charge in [0.2, 0.25) is 0 Å². The summed E-state index contributed by atoms with van der Waals surface area (Å²) in [7, 11) is 1.54. The van der Waals surface area contributed by atoms with Crippen molar-refractivity contribution in [2.75, 3.05) is 12.4 Å². The summed E-state index contributed by atoms with van der Waals surface area (Å²) in [5.41, 5.74) is 4.51. The number of nitrogens with zero attached hydrogens (tertiary/aromatic N) is 2. The lowest BCUT2D eigenvalue weighted by Gasteiger charge is -2.13. The Morgan fingerprint density at radius 1 is 1.17 bits per heavy atom. The number of ether oxygens (including phenoxy) is 1. The van der Waals surface area contributed by atoms with Crippen LogP contribution in [0.5, 0.6) is 5.75 Å². The number of nitro groups is 1. The summed E-state index contributed by atoms with van der Waals surface area (Å²) < 4.78 is 11.1. The zero-order valence-electron chi connectivity index (χ0n) is 18.9. The molecule has 0 atom stereocenters. The van der Waals surface area contributed by atoms with E-state index in [1.165, 1.54) is 12.1 Å². The highest BCUT2D eigenvalue weighted by Gasteiger charge is 2.28. The predicted molar refractivity (Wildman–Crippen MR) is 129 cm³/mol. The lowest BCUT2D eigenvalue weighted by Crippen LogP contribution is -2.22. The van der Waals surface area contributed by atoms with Crippen molar-refractivity contribution in [3.8, 4) is 5.75 Å². The monoisotopic (exact) mass is 496 g/mol. The van der Waals surface area contributed by atoms with E-state index in [-0.39, 0.29) is 22.0 Å². The minimum absolute atomic E-state index is 0.0451. The first-order valence-electron chi connectivity index (χ1n) is 10.7. The van der Waals surface area contributed by atoms with Crippen LogP contribution in [0.25, 0.3) is 0 Å². The normalized spacial score (nSPS) is 13.7. The summed E-state index contributed by atoms with van der Waals surface area (Å²) in [4.78, 5) is 35.9. The fourth-order valence-corrected chi connectivity index (χ4v) is 4.05. The van der Waals surface area contributed by atoms with Crippen molar-refractivity contribution in [2.24, 2.45) is 5.10 Å². The fourth-order valence-electron chi connectivity index (χ4n) is 3.86. The summed E-state index contributed by atoms with van der Waals surface area (Å²) in [6, 6.07) is 10.7. The number of aryl methyl sites for hydroxylation is 1. The molecule has 180 valence electrons. The number of hydrogen-bond acceptors (Lipinski definition) is 7. The van der Waals surface area contributed by atoms with Crippen molar-refractivity contribution in [2.45, 2.75) is 26.2 Å². The van der Waals surface area contributed by atoms with Crippen LogP contribution in [-0.4, -0.2) is 29.6 Å². The molecule has 0 aliphatic heterocycles. The number of methoxy groups -OCH3 is 1. The van der Waals surface area contributed by atoms with Gasteiger partial charge < -0.3 is 14.5 Å². The van der Waals surface area contributed by atoms with Gasteiger partial charge >= 0.3 is 0 Å². The molecule has 3 aromatic rings. The second kappa shape index (κ2) is 9.98. The molecule has 1 aliphatic rings. The highest BCUT2D eigenvalue weighted by molar-refractivity contribution is 6.32. The summed E-state index contributed by atoms with van der Waals surface area (Å²) >= 11 is 5.81. The van der Waals surface area contributed by atoms with Crippen molar-refractivity contribution < 1.29 is 23.7 Å². The van der Waals surface area contributed by atoms with E-state index in [9.17, 15) is 19.7 Å². The van der Waals surface area contributed by atoms with Gasteiger partial charge in [-0.25, -0.2) is 5.43 Å². The van der Waals surface area contributed by atoms with Crippen LogP contribution in [0, 0.1) is 17.0 Å². The van der Waals surface area contributed by atoms with Crippen molar-refractivity contribution in [3.63, 3.8) is 0 Å². The molecule has 0 saturated heterocycles. The molecule has 0 spiro atoms. The Balaban J connectivity index is 1.56. The summed E-state index contributed by atoms with van der Waals surface area (Å²) in [5, 5.41) is 18.1. The molecule has 4 rings (SSSR count). The third-order valence-corrected chi connectivity index (χ3v) is 5.88. The van der Waals surface area contributed by atoms with Gasteiger partial charge in [0.25, 0.3) is 17.5 Å². The number of nitrogens with one attached hydrogen (secondary N) is 2. The average Bonchev–Trinajstić information content (AvgIpc) is 3.20. The SMILES string of the molecule is COc1cccc(NC(=O)c2oc3c(c2C)/C(=N/NC(=O)c2ccc(Cl)c([N+](=O)[O-])c2)CCC3)c1. The van der Waals surface area contributed by atoms with Crippen molar-refractivity contribution in [1.82, 2.24) is 5.43 Å². The van der Waals surface area contributed by atoms with Gasteiger partial charge in [-0.05, 0) is 44.0 Å². The molecule has 35 heavy (non-hydrogen) atoms. The molecule has 1 aromatic heterocycles. The number of hydrogen-bond donors (Lipinski definition) is 2. The molecule has 0 bridgehead atoms. The van der Waals surface area contributed by atoms with Gasteiger partial charge in [0, 0.05) is 40.9 Å². The van der Waals surface area contributed by atoms with Crippen LogP contribution in [0.3, 0.4) is 0 Å². The van der Waals surface area contributed by atoms with Crippen LogP contribution in [0.4, 0.5) is 11.4 Å². The zero-order chi connectivity index (χ0) is 25.1. The molecule has 2 N–H and O–H groups in total. The minimum Gasteiger partial charge on any atom is -0.497 e. The third kappa shape index (κ3) is 5.02. The van der Waals surface area contributed by atoms with Crippen LogP contribution in [0.1, 0.15) is 50.6 Å². The quantitative estimate of drug-likeness (QED) is 0.368. The average molecular weight is 497 g/mol. The van der Waals surface area contributed by atoms with Crippen molar-refractivity contribution >= 4 is 40.5 Å². The molecule has 0 radical (unpaired) electrons. The Hall–Kier alpha value is -4.18. The first-order valence-corrected chi connectivity index (χ1v) is 11.0. The van der Waals surface area contributed by atoms with Crippen LogP contribution in [0.2, 0.25) is 5.02 Å². The van der Waals surface area contributed by atoms with Gasteiger partial charge in [0.15, 0.2) is 5.76 Å². The number of furan rings is 1. The van der Waals surface area contributed by atoms with E-state index < -0.39 is 16.7 Å². The summed E-state index contributed by atoms with van der Waals surface area (Å²) in [6.07, 6.45) is 1.91. The standard InChI is InChI=1S/C24H21ClN4O6/c1-13-21-18(27-28-23(30)14-9-10-17(25)19(11-14)29(32)33)7-4-8-20(21)35-22(13)24(31)26-15-5-3-6-16(12-15)34-2/h3,5-6,9-12H,4,7-8H2,1-2H3,(H,26,31)(H,28,30)/b27-18+. The molecule has 2 aromatic carbocycles. The molecule has 0 unspecified atom stereocenters. The van der Waals surface area contributed by atoms with Crippen molar-refractivity contribution in [3.05, 3.63) is 85.8 Å². The number of rotatable bonds is 6. The van der Waals surface area contributed by atoms with Crippen molar-refractivity contribution in [1.29, 1.82) is 0 Å². The maximum Gasteiger partial charge on any atom is 0.291 e. The molecule has 2 amide bonds. The second-order valence-electron chi connectivity index (χ2n) is 7.82. The summed E-state index contributed by atoms with van der Waals surface area (Å²) in [5.74, 6) is 0.338. The summed E-state index contributed by atoms with van der Waals surface area (Å²) in [6.45, 7) is 1.76. The number of hydrazone groups is 1. The predicted octanol–water partition coefficient (Wildman–Crippen LogP) is 4.88. The van der Waals surface area contributed by atoms with Gasteiger partial charge in [0.1, 0.15) is 16.5 Å². The highest BCUT2D eigenvalue weighted by atomic mass is 35.5. The Kier molecular flexibility index (Phi) is 6.83. The number of nitro benzene ring substituents is 1. The maximum absolute atomic E-state index is 12.9. The van der Waals surface area contributed by atoms with E-state index >= 15 is 0 Å². The molecular formula is C24H21ClN4O6. The molecule has 10 nitrogen and oxygen atoms in total. The van der Waals surface area contributed by atoms with Gasteiger partial charge in [-0.1, -0.05) is 17.7 Å². The number of fused-ring (bicyclic) bond motifs is 1. The second-order valence-corrected chi connectivity index (χ2v) is 8.22. The van der Waals surface area contributed by atoms with Gasteiger partial charge in [-0.3, -0.25) is 19.7 Å². The van der Waals surface area contributed by atoms with Gasteiger partial charge in [0.05, 0.1) is 17.7 Å². The van der Waals surface area contributed by atoms with E-state index in [2.05, 4.69) is 15.8 Å². The van der Waals surface area contributed by atoms with Gasteiger partial charge in [-0.2, -0.15) is 5.10 Å². The third-order valence-electron chi connectivity index (χ3n) is 5.56. The lowest BCUT2D eigenvalue weighted by atomic mass is 9.93. The smallest absolute Gasteiger partial charge is 0.291 e. The van der Waals surface area contributed by atoms with E-state index in [1.807, 2.05) is 0 Å². The molecule has 0 saturated carbocycles. The largest absolute Gasteiger partial charge is 0.497 e. The topological polar surface area (TPSA) is 136 Å². The fraction of sp³-hybridized carbons (Fsp3) is 0.208. The van der Waals surface area contributed by atoms with E-state index in [1.54, 1.807) is 38.3 Å². The van der Waals surface area contributed by atoms with E-state index in [0.29, 0.717) is 46.9 Å². The molecule has 0 fully saturated rings. The Labute approximate surface area is 205 Å². The van der Waals surface area contributed by atoms with Gasteiger partial charge in [-0.15, -0.1) is 0 Å². The van der Waals surface area contributed by atoms with Crippen LogP contribution in [0.15, 0.2) is 52.0 Å². The van der Waals surface area contributed by atoms with Crippen LogP contribution in [-0.2, 0) is 6.42 Å². The van der Waals surface area contributed by atoms with Crippen LogP contribution >= 0.6 is 11.6 Å². The number of carbonyl (C=O) groups excluding carboxylic acids is 2. The minimum atomic E-state index is -0.661. The Morgan fingerprint density at radius 2 is 1.97 bits per heavy atom. The number of amides is 2. The number of halogens is 1.